The van der Waals surface area contributed by atoms with Gasteiger partial charge in [0.1, 0.15) is 11.3 Å². The van der Waals surface area contributed by atoms with Gasteiger partial charge in [0, 0.05) is 19.7 Å². The molecule has 0 bridgehead atoms. The van der Waals surface area contributed by atoms with Gasteiger partial charge in [0.15, 0.2) is 0 Å². The summed E-state index contributed by atoms with van der Waals surface area (Å²) in [5, 5.41) is 3.78. The normalized spacial score (nSPS) is 12.2. The summed E-state index contributed by atoms with van der Waals surface area (Å²) in [6, 6.07) is 1.60. The largest absolute Gasteiger partial charge is 0.433 e. The van der Waals surface area contributed by atoms with E-state index < -0.39 is 34.4 Å². The Morgan fingerprint density at radius 3 is 2.48 bits per heavy atom. The minimum atomic E-state index is -4.72. The average molecular weight is 437 g/mol. The van der Waals surface area contributed by atoms with E-state index in [0.717, 1.165) is 23.2 Å². The summed E-state index contributed by atoms with van der Waals surface area (Å²) in [4.78, 5) is 16.4. The molecule has 0 saturated carbocycles. The zero-order valence-electron chi connectivity index (χ0n) is 15.7. The Morgan fingerprint density at radius 1 is 1.21 bits per heavy atom. The number of ketones is 1. The topological polar surface area (TPSA) is 110 Å². The van der Waals surface area contributed by atoms with Gasteiger partial charge in [-0.2, -0.15) is 26.7 Å². The van der Waals surface area contributed by atoms with Crippen LogP contribution < -0.4 is 4.18 Å². The maximum absolute atomic E-state index is 13.0. The van der Waals surface area contributed by atoms with Crippen LogP contribution >= 0.6 is 0 Å². The average Bonchev–Trinajstić information content (AvgIpc) is 2.96. The molecule has 0 saturated heterocycles. The van der Waals surface area contributed by atoms with E-state index in [4.69, 9.17) is 13.7 Å². The number of carbonyl (C=O) groups is 1. The van der Waals surface area contributed by atoms with Crippen LogP contribution in [-0.2, 0) is 39.4 Å². The van der Waals surface area contributed by atoms with Crippen molar-refractivity contribution in [2.24, 2.45) is 7.05 Å². The molecule has 0 aromatic carbocycles. The van der Waals surface area contributed by atoms with Gasteiger partial charge in [-0.05, 0) is 12.1 Å². The van der Waals surface area contributed by atoms with E-state index >= 15 is 0 Å². The second kappa shape index (κ2) is 8.88. The zero-order valence-corrected chi connectivity index (χ0v) is 16.5. The zero-order chi connectivity index (χ0) is 21.8. The first-order valence-corrected chi connectivity index (χ1v) is 9.85. The summed E-state index contributed by atoms with van der Waals surface area (Å²) in [5.41, 5.74) is -1.92. The Labute approximate surface area is 164 Å². The lowest BCUT2D eigenvalue weighted by molar-refractivity contribution is -0.141. The molecule has 29 heavy (non-hydrogen) atoms. The maximum Gasteiger partial charge on any atom is 0.433 e. The van der Waals surface area contributed by atoms with Crippen LogP contribution in [0.15, 0.2) is 18.3 Å². The Morgan fingerprint density at radius 2 is 1.90 bits per heavy atom. The molecule has 0 aliphatic rings. The standard InChI is InChI=1S/C16H18F3N3O6S/c1-22-15(28-29(3,24)25)11(8-20-22)14(23)10-4-5-13(16(17,18)19)21-12(10)9-27-7-6-26-2/h4-5,8H,6-7,9H2,1-3H3. The minimum Gasteiger partial charge on any atom is -0.382 e. The molecule has 0 aliphatic carbocycles. The summed E-state index contributed by atoms with van der Waals surface area (Å²) in [5.74, 6) is -1.19. The highest BCUT2D eigenvalue weighted by molar-refractivity contribution is 7.86. The number of pyridine rings is 1. The van der Waals surface area contributed by atoms with Crippen LogP contribution in [0.1, 0.15) is 27.3 Å². The fraction of sp³-hybridized carbons (Fsp3) is 0.438. The third-order valence-electron chi connectivity index (χ3n) is 3.54. The predicted molar refractivity (Wildman–Crippen MR) is 92.9 cm³/mol. The van der Waals surface area contributed by atoms with Crippen molar-refractivity contribution in [3.8, 4) is 5.88 Å². The highest BCUT2D eigenvalue weighted by Gasteiger charge is 2.34. The molecule has 0 unspecified atom stereocenters. The maximum atomic E-state index is 13.0. The van der Waals surface area contributed by atoms with Gasteiger partial charge in [0.25, 0.3) is 0 Å². The Hall–Kier alpha value is -2.51. The summed E-state index contributed by atoms with van der Waals surface area (Å²) in [6.07, 6.45) is -2.89. The third-order valence-corrected chi connectivity index (χ3v) is 4.00. The van der Waals surface area contributed by atoms with Crippen molar-refractivity contribution in [3.63, 3.8) is 0 Å². The van der Waals surface area contributed by atoms with Crippen LogP contribution in [0.25, 0.3) is 0 Å². The Bertz CT molecular complexity index is 988. The molecule has 2 aromatic rings. The number of alkyl halides is 3. The summed E-state index contributed by atoms with van der Waals surface area (Å²) in [7, 11) is -1.21. The van der Waals surface area contributed by atoms with Crippen molar-refractivity contribution in [2.45, 2.75) is 12.8 Å². The number of ether oxygens (including phenoxy) is 2. The van der Waals surface area contributed by atoms with E-state index in [-0.39, 0.29) is 35.9 Å². The van der Waals surface area contributed by atoms with Crippen LogP contribution in [0.5, 0.6) is 5.88 Å². The van der Waals surface area contributed by atoms with Gasteiger partial charge in [0.05, 0.1) is 38.0 Å². The molecule has 13 heteroatoms. The SMILES string of the molecule is COCCOCc1nc(C(F)(F)F)ccc1C(=O)c1cnn(C)c1OS(C)(=O)=O. The quantitative estimate of drug-likeness (QED) is 0.330. The molecule has 0 fully saturated rings. The van der Waals surface area contributed by atoms with Gasteiger partial charge >= 0.3 is 16.3 Å². The van der Waals surface area contributed by atoms with Crippen molar-refractivity contribution in [3.05, 3.63) is 40.8 Å². The summed E-state index contributed by atoms with van der Waals surface area (Å²) in [6.45, 7) is -0.133. The van der Waals surface area contributed by atoms with Gasteiger partial charge in [-0.1, -0.05) is 0 Å². The molecular weight excluding hydrogens is 419 g/mol. The van der Waals surface area contributed by atoms with Crippen LogP contribution in [0.4, 0.5) is 13.2 Å². The second-order valence-electron chi connectivity index (χ2n) is 5.84. The van der Waals surface area contributed by atoms with E-state index in [9.17, 15) is 26.4 Å². The molecule has 0 spiro atoms. The number of rotatable bonds is 9. The van der Waals surface area contributed by atoms with Crippen molar-refractivity contribution >= 4 is 15.9 Å². The van der Waals surface area contributed by atoms with Gasteiger partial charge in [-0.25, -0.2) is 9.67 Å². The van der Waals surface area contributed by atoms with Gasteiger partial charge in [-0.15, -0.1) is 0 Å². The van der Waals surface area contributed by atoms with Crippen molar-refractivity contribution in [1.29, 1.82) is 0 Å². The monoisotopic (exact) mass is 437 g/mol. The smallest absolute Gasteiger partial charge is 0.382 e. The number of halogens is 3. The number of carbonyl (C=O) groups excluding carboxylic acids is 1. The van der Waals surface area contributed by atoms with Crippen molar-refractivity contribution < 1.29 is 40.0 Å². The summed E-state index contributed by atoms with van der Waals surface area (Å²) < 4.78 is 77.7. The van der Waals surface area contributed by atoms with Crippen LogP contribution in [0.2, 0.25) is 0 Å². The number of hydrogen-bond donors (Lipinski definition) is 0. The minimum absolute atomic E-state index is 0.0669. The fourth-order valence-electron chi connectivity index (χ4n) is 2.26. The number of methoxy groups -OCH3 is 1. The molecule has 0 atom stereocenters. The van der Waals surface area contributed by atoms with Crippen LogP contribution in [-0.4, -0.2) is 55.5 Å². The Balaban J connectivity index is 2.46. The van der Waals surface area contributed by atoms with E-state index in [2.05, 4.69) is 10.1 Å². The lowest BCUT2D eigenvalue weighted by Crippen LogP contribution is -2.16. The third kappa shape index (κ3) is 5.98. The van der Waals surface area contributed by atoms with E-state index in [0.29, 0.717) is 6.07 Å². The van der Waals surface area contributed by atoms with E-state index in [1.165, 1.54) is 14.2 Å². The molecule has 2 rings (SSSR count). The van der Waals surface area contributed by atoms with Gasteiger partial charge in [0.2, 0.25) is 11.7 Å². The van der Waals surface area contributed by atoms with Crippen LogP contribution in [0, 0.1) is 0 Å². The lowest BCUT2D eigenvalue weighted by Gasteiger charge is -2.13. The number of hydrogen-bond acceptors (Lipinski definition) is 8. The molecular formula is C16H18F3N3O6S. The molecule has 0 radical (unpaired) electrons. The first kappa shape index (κ1) is 22.8. The highest BCUT2D eigenvalue weighted by Crippen LogP contribution is 2.30. The first-order valence-electron chi connectivity index (χ1n) is 8.04. The molecule has 2 aromatic heterocycles. The van der Waals surface area contributed by atoms with Gasteiger partial charge in [-0.3, -0.25) is 4.79 Å². The molecule has 0 aliphatic heterocycles. The summed E-state index contributed by atoms with van der Waals surface area (Å²) >= 11 is 0. The second-order valence-corrected chi connectivity index (χ2v) is 7.41. The number of nitrogens with zero attached hydrogens (tertiary/aromatic N) is 3. The van der Waals surface area contributed by atoms with Crippen LogP contribution in [0.3, 0.4) is 0 Å². The molecule has 2 heterocycles. The van der Waals surface area contributed by atoms with E-state index in [1.807, 2.05) is 0 Å². The molecule has 9 nitrogen and oxygen atoms in total. The fourth-order valence-corrected chi connectivity index (χ4v) is 2.74. The lowest BCUT2D eigenvalue weighted by atomic mass is 10.0. The van der Waals surface area contributed by atoms with Crippen molar-refractivity contribution in [2.75, 3.05) is 26.6 Å². The van der Waals surface area contributed by atoms with E-state index in [1.54, 1.807) is 0 Å². The van der Waals surface area contributed by atoms with Gasteiger partial charge < -0.3 is 13.7 Å². The molecule has 0 amide bonds. The Kier molecular flexibility index (Phi) is 6.97. The van der Waals surface area contributed by atoms with Crippen molar-refractivity contribution in [1.82, 2.24) is 14.8 Å². The number of aromatic nitrogens is 3. The highest BCUT2D eigenvalue weighted by atomic mass is 32.2. The molecule has 0 N–H and O–H groups in total. The number of aryl methyl sites for hydroxylation is 1. The predicted octanol–water partition coefficient (Wildman–Crippen LogP) is 1.57. The first-order chi connectivity index (χ1) is 13.4. The molecule has 160 valence electrons.